The zero-order valence-electron chi connectivity index (χ0n) is 15.4. The van der Waals surface area contributed by atoms with Gasteiger partial charge >= 0.3 is 0 Å². The molecule has 0 aromatic carbocycles. The van der Waals surface area contributed by atoms with Crippen LogP contribution in [-0.2, 0) is 4.79 Å². The first-order valence-electron chi connectivity index (χ1n) is 8.60. The van der Waals surface area contributed by atoms with Gasteiger partial charge in [0.05, 0.1) is 0 Å². The quantitative estimate of drug-likeness (QED) is 0.439. The van der Waals surface area contributed by atoms with Gasteiger partial charge in [0.15, 0.2) is 0 Å². The van der Waals surface area contributed by atoms with Crippen LogP contribution < -0.4 is 0 Å². The van der Waals surface area contributed by atoms with E-state index in [4.69, 9.17) is 0 Å². The summed E-state index contributed by atoms with van der Waals surface area (Å²) in [5, 5.41) is 0.715. The fraction of sp³-hybridized carbons (Fsp3) is 0.842. The van der Waals surface area contributed by atoms with Crippen molar-refractivity contribution in [3.05, 3.63) is 12.2 Å². The minimum Gasteiger partial charge on any atom is -0.305 e. The molecule has 0 N–H and O–H groups in total. The van der Waals surface area contributed by atoms with Gasteiger partial charge in [-0.3, -0.25) is 0 Å². The topological polar surface area (TPSA) is 17.1 Å². The molecule has 0 amide bonds. The van der Waals surface area contributed by atoms with E-state index < -0.39 is 8.07 Å². The summed E-state index contributed by atoms with van der Waals surface area (Å²) in [5.41, 5.74) is 1.79. The zero-order chi connectivity index (χ0) is 16.5. The maximum atomic E-state index is 12.6. The van der Waals surface area contributed by atoms with Crippen molar-refractivity contribution in [3.63, 3.8) is 0 Å². The lowest BCUT2D eigenvalue weighted by molar-refractivity contribution is -0.113. The lowest BCUT2D eigenvalue weighted by Crippen LogP contribution is -2.46. The highest BCUT2D eigenvalue weighted by Crippen LogP contribution is 2.45. The van der Waals surface area contributed by atoms with Gasteiger partial charge in [0.1, 0.15) is 13.5 Å². The highest BCUT2D eigenvalue weighted by atomic mass is 28.3. The summed E-state index contributed by atoms with van der Waals surface area (Å²) < 4.78 is 0. The first-order valence-corrected chi connectivity index (χ1v) is 11.6. The van der Waals surface area contributed by atoms with E-state index in [0.717, 1.165) is 19.3 Å². The molecule has 0 aromatic rings. The summed E-state index contributed by atoms with van der Waals surface area (Å²) in [6, 6.07) is 0. The Hall–Kier alpha value is -0.373. The molecule has 1 nitrogen and oxygen atoms in total. The molecule has 21 heavy (non-hydrogen) atoms. The molecule has 0 aliphatic heterocycles. The van der Waals surface area contributed by atoms with E-state index >= 15 is 0 Å². The van der Waals surface area contributed by atoms with Crippen molar-refractivity contribution in [2.45, 2.75) is 91.3 Å². The zero-order valence-corrected chi connectivity index (χ0v) is 16.4. The van der Waals surface area contributed by atoms with Gasteiger partial charge in [-0.15, -0.1) is 0 Å². The van der Waals surface area contributed by atoms with Gasteiger partial charge in [-0.2, -0.15) is 0 Å². The number of allylic oxidation sites excluding steroid dienone is 1. The van der Waals surface area contributed by atoms with E-state index in [-0.39, 0.29) is 5.04 Å². The maximum absolute atomic E-state index is 12.6. The third-order valence-corrected chi connectivity index (χ3v) is 11.6. The van der Waals surface area contributed by atoms with Crippen LogP contribution in [0.5, 0.6) is 0 Å². The van der Waals surface area contributed by atoms with Crippen molar-refractivity contribution in [1.82, 2.24) is 0 Å². The predicted octanol–water partition coefficient (Wildman–Crippen LogP) is 6.16. The Labute approximate surface area is 133 Å². The largest absolute Gasteiger partial charge is 0.305 e. The molecule has 0 heterocycles. The fourth-order valence-corrected chi connectivity index (χ4v) is 5.10. The predicted molar refractivity (Wildman–Crippen MR) is 96.3 cm³/mol. The Kier molecular flexibility index (Phi) is 5.69. The van der Waals surface area contributed by atoms with Crippen molar-refractivity contribution in [1.29, 1.82) is 0 Å². The van der Waals surface area contributed by atoms with E-state index in [9.17, 15) is 4.79 Å². The first-order chi connectivity index (χ1) is 9.39. The van der Waals surface area contributed by atoms with Crippen molar-refractivity contribution in [2.24, 2.45) is 11.3 Å². The second-order valence-electron chi connectivity index (χ2n) is 9.24. The molecule has 122 valence electrons. The summed E-state index contributed by atoms with van der Waals surface area (Å²) in [6.07, 6.45) is 6.73. The molecular weight excluding hydrogens is 272 g/mol. The number of carbonyl (C=O) groups is 1. The van der Waals surface area contributed by atoms with Crippen molar-refractivity contribution >= 4 is 13.5 Å². The van der Waals surface area contributed by atoms with E-state index in [1.165, 1.54) is 24.8 Å². The summed E-state index contributed by atoms with van der Waals surface area (Å²) in [4.78, 5) is 12.6. The van der Waals surface area contributed by atoms with Crippen LogP contribution in [0.3, 0.4) is 0 Å². The highest BCUT2D eigenvalue weighted by molar-refractivity contribution is 7.06. The molecule has 0 aromatic heterocycles. The van der Waals surface area contributed by atoms with Crippen LogP contribution in [0.15, 0.2) is 12.2 Å². The molecule has 0 radical (unpaired) electrons. The Morgan fingerprint density at radius 3 is 2.38 bits per heavy atom. The van der Waals surface area contributed by atoms with Crippen molar-refractivity contribution in [2.75, 3.05) is 0 Å². The number of rotatable bonds is 5. The third-order valence-electron chi connectivity index (χ3n) is 6.22. The average Bonchev–Trinajstić information content (AvgIpc) is 2.30. The molecule has 0 spiro atoms. The molecule has 2 heteroatoms. The van der Waals surface area contributed by atoms with Crippen LogP contribution in [0.4, 0.5) is 0 Å². The van der Waals surface area contributed by atoms with Crippen molar-refractivity contribution in [3.8, 4) is 0 Å². The van der Waals surface area contributed by atoms with Crippen LogP contribution >= 0.6 is 0 Å². The lowest BCUT2D eigenvalue weighted by atomic mass is 9.65. The average molecular weight is 309 g/mol. The van der Waals surface area contributed by atoms with E-state index in [2.05, 4.69) is 54.3 Å². The SMILES string of the molecule is C=C1CCCC(C)(C)C1CCCC(=O)[Si](C)(C)C(C)(C)C. The van der Waals surface area contributed by atoms with Gasteiger partial charge in [-0.1, -0.05) is 59.9 Å². The van der Waals surface area contributed by atoms with Crippen molar-refractivity contribution < 1.29 is 4.79 Å². The minimum atomic E-state index is -1.81. The minimum absolute atomic E-state index is 0.164. The summed E-state index contributed by atoms with van der Waals surface area (Å²) in [5.74, 6) is 0.610. The number of hydrogen-bond acceptors (Lipinski definition) is 1. The molecule has 1 saturated carbocycles. The molecule has 1 aliphatic carbocycles. The Bertz CT molecular complexity index is 398. The van der Waals surface area contributed by atoms with Crippen LogP contribution in [0.1, 0.15) is 73.1 Å². The van der Waals surface area contributed by atoms with Gasteiger partial charge in [0.25, 0.3) is 0 Å². The Morgan fingerprint density at radius 1 is 1.33 bits per heavy atom. The third kappa shape index (κ3) is 4.31. The molecule has 0 saturated heterocycles. The van der Waals surface area contributed by atoms with Crippen LogP contribution in [-0.4, -0.2) is 13.5 Å². The van der Waals surface area contributed by atoms with Crippen LogP contribution in [0.2, 0.25) is 18.1 Å². The molecule has 1 aliphatic rings. The van der Waals surface area contributed by atoms with E-state index in [1.54, 1.807) is 0 Å². The highest BCUT2D eigenvalue weighted by Gasteiger charge is 2.41. The molecule has 1 rings (SSSR count). The smallest absolute Gasteiger partial charge is 0.132 e. The molecule has 1 atom stereocenters. The normalized spacial score (nSPS) is 23.2. The van der Waals surface area contributed by atoms with E-state index in [1.807, 2.05) is 0 Å². The second kappa shape index (κ2) is 6.40. The second-order valence-corrected chi connectivity index (χ2v) is 14.6. The molecular formula is C19H36OSi. The van der Waals surface area contributed by atoms with Crippen LogP contribution in [0, 0.1) is 11.3 Å². The fourth-order valence-electron chi connectivity index (χ4n) is 3.46. The molecule has 1 unspecified atom stereocenters. The molecule has 1 fully saturated rings. The lowest BCUT2D eigenvalue weighted by Gasteiger charge is -2.41. The van der Waals surface area contributed by atoms with E-state index in [0.29, 0.717) is 16.7 Å². The first kappa shape index (κ1) is 18.7. The maximum Gasteiger partial charge on any atom is 0.132 e. The Balaban J connectivity index is 2.57. The van der Waals surface area contributed by atoms with Gasteiger partial charge in [0.2, 0.25) is 0 Å². The van der Waals surface area contributed by atoms with Gasteiger partial charge in [-0.25, -0.2) is 0 Å². The summed E-state index contributed by atoms with van der Waals surface area (Å²) in [6.45, 7) is 20.2. The summed E-state index contributed by atoms with van der Waals surface area (Å²) >= 11 is 0. The number of hydrogen-bond donors (Lipinski definition) is 0. The monoisotopic (exact) mass is 308 g/mol. The van der Waals surface area contributed by atoms with Gasteiger partial charge in [0, 0.05) is 6.42 Å². The summed E-state index contributed by atoms with van der Waals surface area (Å²) in [7, 11) is -1.81. The standard InChI is InChI=1S/C19H36OSi/c1-15-11-10-14-19(5,6)16(15)12-9-13-17(20)21(7,8)18(2,3)4/h16H,1,9-14H2,2-8H3. The number of carbonyl (C=O) groups excluding carboxylic acids is 1. The molecule has 0 bridgehead atoms. The Morgan fingerprint density at radius 2 is 1.90 bits per heavy atom. The van der Waals surface area contributed by atoms with Gasteiger partial charge in [-0.05, 0) is 48.5 Å². The van der Waals surface area contributed by atoms with Gasteiger partial charge < -0.3 is 4.79 Å². The van der Waals surface area contributed by atoms with Crippen LogP contribution in [0.25, 0.3) is 0 Å².